The van der Waals surface area contributed by atoms with Gasteiger partial charge in [-0.25, -0.2) is 8.42 Å². The summed E-state index contributed by atoms with van der Waals surface area (Å²) < 4.78 is 39.6. The lowest BCUT2D eigenvalue weighted by molar-refractivity contribution is -0.116. The second-order valence-corrected chi connectivity index (χ2v) is 10.1. The second kappa shape index (κ2) is 9.77. The van der Waals surface area contributed by atoms with E-state index in [4.69, 9.17) is 9.47 Å². The molecular formula is C27H24N2O5S. The predicted octanol–water partition coefficient (Wildman–Crippen LogP) is 4.44. The molecule has 0 aromatic heterocycles. The first-order valence-corrected chi connectivity index (χ1v) is 12.7. The monoisotopic (exact) mass is 488 g/mol. The Bertz CT molecular complexity index is 1470. The fourth-order valence-electron chi connectivity index (χ4n) is 4.03. The molecular weight excluding hydrogens is 464 g/mol. The van der Waals surface area contributed by atoms with Crippen LogP contribution in [0.1, 0.15) is 5.56 Å². The van der Waals surface area contributed by atoms with Crippen LogP contribution in [0.25, 0.3) is 10.8 Å². The molecule has 4 aromatic carbocycles. The van der Waals surface area contributed by atoms with Gasteiger partial charge in [0.1, 0.15) is 13.2 Å². The maximum atomic E-state index is 13.7. The van der Waals surface area contributed by atoms with Gasteiger partial charge in [0, 0.05) is 23.7 Å². The average molecular weight is 489 g/mol. The molecule has 1 aliphatic heterocycles. The summed E-state index contributed by atoms with van der Waals surface area (Å²) in [4.78, 5) is 13.1. The SMILES string of the molecule is O=C(CN(Cc1ccccc1)S(=O)(=O)c1ccc2c(c1)OCCO2)Nc1cccc2ccccc12. The number of carbonyl (C=O) groups is 1. The Morgan fingerprint density at radius 1 is 0.829 bits per heavy atom. The van der Waals surface area contributed by atoms with E-state index in [0.29, 0.717) is 30.4 Å². The number of nitrogens with one attached hydrogen (secondary N) is 1. The third-order valence-electron chi connectivity index (χ3n) is 5.74. The van der Waals surface area contributed by atoms with Crippen LogP contribution in [-0.4, -0.2) is 38.4 Å². The number of carbonyl (C=O) groups excluding carboxylic acids is 1. The summed E-state index contributed by atoms with van der Waals surface area (Å²) in [7, 11) is -4.03. The molecule has 0 radical (unpaired) electrons. The van der Waals surface area contributed by atoms with Crippen molar-refractivity contribution in [3.8, 4) is 11.5 Å². The Balaban J connectivity index is 1.44. The standard InChI is InChI=1S/C27H24N2O5S/c30-27(28-24-12-6-10-21-9-4-5-11-23(21)24)19-29(18-20-7-2-1-3-8-20)35(31,32)22-13-14-25-26(17-22)34-16-15-33-25/h1-14,17H,15-16,18-19H2,(H,28,30). The van der Waals surface area contributed by atoms with Crippen LogP contribution in [-0.2, 0) is 21.4 Å². The Hall–Kier alpha value is -3.88. The first-order chi connectivity index (χ1) is 17.0. The second-order valence-electron chi connectivity index (χ2n) is 8.14. The van der Waals surface area contributed by atoms with Crippen molar-refractivity contribution < 1.29 is 22.7 Å². The van der Waals surface area contributed by atoms with E-state index in [1.807, 2.05) is 66.7 Å². The van der Waals surface area contributed by atoms with Crippen molar-refractivity contribution in [2.24, 2.45) is 0 Å². The number of nitrogens with zero attached hydrogens (tertiary/aromatic N) is 1. The lowest BCUT2D eigenvalue weighted by Gasteiger charge is -2.24. The molecule has 0 atom stereocenters. The Morgan fingerprint density at radius 3 is 2.37 bits per heavy atom. The van der Waals surface area contributed by atoms with Crippen molar-refractivity contribution in [2.45, 2.75) is 11.4 Å². The summed E-state index contributed by atoms with van der Waals surface area (Å²) in [6.07, 6.45) is 0. The lowest BCUT2D eigenvalue weighted by Crippen LogP contribution is -2.37. The van der Waals surface area contributed by atoms with Crippen LogP contribution >= 0.6 is 0 Å². The fourth-order valence-corrected chi connectivity index (χ4v) is 5.43. The summed E-state index contributed by atoms with van der Waals surface area (Å²) in [6, 6.07) is 27.0. The van der Waals surface area contributed by atoms with Crippen molar-refractivity contribution in [3.63, 3.8) is 0 Å². The highest BCUT2D eigenvalue weighted by Gasteiger charge is 2.29. The number of rotatable bonds is 7. The molecule has 0 fully saturated rings. The van der Waals surface area contributed by atoms with E-state index in [0.717, 1.165) is 16.3 Å². The number of fused-ring (bicyclic) bond motifs is 2. The molecule has 7 nitrogen and oxygen atoms in total. The number of sulfonamides is 1. The van der Waals surface area contributed by atoms with Gasteiger partial charge in [-0.15, -0.1) is 0 Å². The number of benzene rings is 4. The minimum atomic E-state index is -4.03. The van der Waals surface area contributed by atoms with Crippen LogP contribution in [0.2, 0.25) is 0 Å². The molecule has 35 heavy (non-hydrogen) atoms. The molecule has 1 amide bonds. The zero-order chi connectivity index (χ0) is 24.3. The minimum absolute atomic E-state index is 0.0376. The minimum Gasteiger partial charge on any atom is -0.486 e. The van der Waals surface area contributed by atoms with Gasteiger partial charge in [0.05, 0.1) is 11.4 Å². The van der Waals surface area contributed by atoms with E-state index in [1.54, 1.807) is 12.1 Å². The Morgan fingerprint density at radius 2 is 1.54 bits per heavy atom. The number of hydrogen-bond donors (Lipinski definition) is 1. The van der Waals surface area contributed by atoms with E-state index in [1.165, 1.54) is 16.4 Å². The van der Waals surface area contributed by atoms with Crippen LogP contribution in [0.4, 0.5) is 5.69 Å². The molecule has 0 saturated heterocycles. The van der Waals surface area contributed by atoms with Gasteiger partial charge in [0.2, 0.25) is 15.9 Å². The molecule has 1 aliphatic rings. The van der Waals surface area contributed by atoms with Crippen LogP contribution in [0, 0.1) is 0 Å². The zero-order valence-corrected chi connectivity index (χ0v) is 19.7. The van der Waals surface area contributed by atoms with E-state index >= 15 is 0 Å². The molecule has 1 N–H and O–H groups in total. The van der Waals surface area contributed by atoms with Crippen LogP contribution in [0.15, 0.2) is 95.9 Å². The van der Waals surface area contributed by atoms with Crippen LogP contribution < -0.4 is 14.8 Å². The number of amides is 1. The summed E-state index contributed by atoms with van der Waals surface area (Å²) in [5.41, 5.74) is 1.40. The van der Waals surface area contributed by atoms with E-state index in [-0.39, 0.29) is 18.0 Å². The highest BCUT2D eigenvalue weighted by atomic mass is 32.2. The highest BCUT2D eigenvalue weighted by molar-refractivity contribution is 7.89. The number of anilines is 1. The molecule has 0 saturated carbocycles. The topological polar surface area (TPSA) is 84.9 Å². The highest BCUT2D eigenvalue weighted by Crippen LogP contribution is 2.33. The van der Waals surface area contributed by atoms with Crippen molar-refractivity contribution in [1.29, 1.82) is 0 Å². The van der Waals surface area contributed by atoms with Gasteiger partial charge >= 0.3 is 0 Å². The first kappa shape index (κ1) is 22.9. The van der Waals surface area contributed by atoms with E-state index < -0.39 is 15.9 Å². The quantitative estimate of drug-likeness (QED) is 0.416. The molecule has 8 heteroatoms. The first-order valence-electron chi connectivity index (χ1n) is 11.2. The van der Waals surface area contributed by atoms with Crippen molar-refractivity contribution in [3.05, 3.63) is 96.6 Å². The summed E-state index contributed by atoms with van der Waals surface area (Å²) in [6.45, 7) is 0.445. The smallest absolute Gasteiger partial charge is 0.243 e. The maximum Gasteiger partial charge on any atom is 0.243 e. The normalized spacial score (nSPS) is 13.1. The van der Waals surface area contributed by atoms with E-state index in [2.05, 4.69) is 5.32 Å². The third kappa shape index (κ3) is 4.99. The Kier molecular flexibility index (Phi) is 6.39. The zero-order valence-electron chi connectivity index (χ0n) is 18.9. The van der Waals surface area contributed by atoms with Crippen molar-refractivity contribution in [1.82, 2.24) is 4.31 Å². The molecule has 0 unspecified atom stereocenters. The summed E-state index contributed by atoms with van der Waals surface area (Å²) in [5, 5.41) is 4.75. The largest absolute Gasteiger partial charge is 0.486 e. The van der Waals surface area contributed by atoms with Gasteiger partial charge in [-0.05, 0) is 29.1 Å². The number of hydrogen-bond acceptors (Lipinski definition) is 5. The molecule has 178 valence electrons. The molecule has 0 spiro atoms. The average Bonchev–Trinajstić information content (AvgIpc) is 2.89. The van der Waals surface area contributed by atoms with Gasteiger partial charge in [-0.2, -0.15) is 4.31 Å². The predicted molar refractivity (Wildman–Crippen MR) is 134 cm³/mol. The molecule has 5 rings (SSSR count). The summed E-state index contributed by atoms with van der Waals surface area (Å²) >= 11 is 0. The van der Waals surface area contributed by atoms with Crippen LogP contribution in [0.3, 0.4) is 0 Å². The fraction of sp³-hybridized carbons (Fsp3) is 0.148. The maximum absolute atomic E-state index is 13.7. The molecule has 0 aliphatic carbocycles. The molecule has 1 heterocycles. The van der Waals surface area contributed by atoms with Gasteiger partial charge in [-0.3, -0.25) is 4.79 Å². The molecule has 0 bridgehead atoms. The van der Waals surface area contributed by atoms with Gasteiger partial charge in [0.25, 0.3) is 0 Å². The lowest BCUT2D eigenvalue weighted by atomic mass is 10.1. The van der Waals surface area contributed by atoms with Gasteiger partial charge in [0.15, 0.2) is 11.5 Å². The third-order valence-corrected chi connectivity index (χ3v) is 7.52. The van der Waals surface area contributed by atoms with Crippen LogP contribution in [0.5, 0.6) is 11.5 Å². The van der Waals surface area contributed by atoms with Gasteiger partial charge in [-0.1, -0.05) is 66.7 Å². The van der Waals surface area contributed by atoms with Crippen molar-refractivity contribution in [2.75, 3.05) is 25.1 Å². The van der Waals surface area contributed by atoms with E-state index in [9.17, 15) is 13.2 Å². The number of ether oxygens (including phenoxy) is 2. The van der Waals surface area contributed by atoms with Gasteiger partial charge < -0.3 is 14.8 Å². The van der Waals surface area contributed by atoms with Crippen molar-refractivity contribution >= 4 is 32.4 Å². The molecule has 4 aromatic rings. The Labute approximate surface area is 204 Å². The summed E-state index contributed by atoms with van der Waals surface area (Å²) in [5.74, 6) is 0.439.